The summed E-state index contributed by atoms with van der Waals surface area (Å²) in [6.07, 6.45) is -4.61. The van der Waals surface area contributed by atoms with Gasteiger partial charge in [0.15, 0.2) is 0 Å². The highest BCUT2D eigenvalue weighted by atomic mass is 16.8. The molecule has 76 valence electrons. The molecular weight excluding hydrogens is 180 g/mol. The Bertz CT molecular complexity index is 209. The molecule has 0 aromatic rings. The van der Waals surface area contributed by atoms with Crippen LogP contribution in [0.3, 0.4) is 0 Å². The maximum Gasteiger partial charge on any atom is 0.221 e. The van der Waals surface area contributed by atoms with Crippen LogP contribution in [0.1, 0.15) is 0 Å². The lowest BCUT2D eigenvalue weighted by molar-refractivity contribution is -0.305. The highest BCUT2D eigenvalue weighted by Crippen LogP contribution is 2.36. The van der Waals surface area contributed by atoms with E-state index in [0.717, 1.165) is 0 Å². The van der Waals surface area contributed by atoms with Gasteiger partial charge in [-0.05, 0) is 0 Å². The van der Waals surface area contributed by atoms with E-state index in [4.69, 9.17) is 14.6 Å². The zero-order chi connectivity index (χ0) is 9.64. The average Bonchev–Trinajstić information content (AvgIpc) is 2.55. The van der Waals surface area contributed by atoms with Crippen molar-refractivity contribution in [1.29, 1.82) is 0 Å². The molecule has 6 nitrogen and oxygen atoms in total. The van der Waals surface area contributed by atoms with Gasteiger partial charge in [0.2, 0.25) is 5.79 Å². The quantitative estimate of drug-likeness (QED) is 0.358. The molecule has 2 saturated heterocycles. The van der Waals surface area contributed by atoms with Gasteiger partial charge in [0.1, 0.15) is 31.0 Å². The van der Waals surface area contributed by atoms with E-state index in [1.807, 2.05) is 0 Å². The molecule has 0 amide bonds. The molecule has 6 heteroatoms. The molecule has 2 aliphatic rings. The molecule has 0 radical (unpaired) electrons. The van der Waals surface area contributed by atoms with Crippen molar-refractivity contribution >= 4 is 0 Å². The van der Waals surface area contributed by atoms with E-state index >= 15 is 0 Å². The minimum atomic E-state index is -1.55. The molecule has 0 saturated carbocycles. The Hall–Kier alpha value is -0.240. The third-order valence-electron chi connectivity index (χ3n) is 2.57. The zero-order valence-corrected chi connectivity index (χ0v) is 6.83. The van der Waals surface area contributed by atoms with Crippen LogP contribution in [-0.4, -0.2) is 63.8 Å². The van der Waals surface area contributed by atoms with Crippen LogP contribution in [-0.2, 0) is 9.47 Å². The van der Waals surface area contributed by atoms with Gasteiger partial charge in [-0.25, -0.2) is 0 Å². The first-order chi connectivity index (χ1) is 6.10. The summed E-state index contributed by atoms with van der Waals surface area (Å²) < 4.78 is 10.1. The van der Waals surface area contributed by atoms with E-state index in [9.17, 15) is 15.3 Å². The van der Waals surface area contributed by atoms with E-state index < -0.39 is 36.8 Å². The van der Waals surface area contributed by atoms with Crippen molar-refractivity contribution < 1.29 is 29.9 Å². The number of ether oxygens (including phenoxy) is 2. The SMILES string of the molecule is OC[C@@]12OC[C@@H](O1)[C@@H](O)C(O)[C@@H]2O. The van der Waals surface area contributed by atoms with Crippen molar-refractivity contribution in [1.82, 2.24) is 0 Å². The third kappa shape index (κ3) is 1.11. The Kier molecular flexibility index (Phi) is 2.06. The lowest BCUT2D eigenvalue weighted by Gasteiger charge is -2.39. The summed E-state index contributed by atoms with van der Waals surface area (Å²) in [7, 11) is 0. The van der Waals surface area contributed by atoms with E-state index in [-0.39, 0.29) is 6.61 Å². The van der Waals surface area contributed by atoms with Gasteiger partial charge in [-0.3, -0.25) is 0 Å². The van der Waals surface area contributed by atoms with Gasteiger partial charge < -0.3 is 29.9 Å². The maximum atomic E-state index is 9.47. The summed E-state index contributed by atoms with van der Waals surface area (Å²) >= 11 is 0. The van der Waals surface area contributed by atoms with Crippen LogP contribution in [0.2, 0.25) is 0 Å². The van der Waals surface area contributed by atoms with Crippen LogP contribution in [0, 0.1) is 0 Å². The monoisotopic (exact) mass is 192 g/mol. The van der Waals surface area contributed by atoms with Gasteiger partial charge in [0, 0.05) is 0 Å². The van der Waals surface area contributed by atoms with Crippen molar-refractivity contribution in [3.05, 3.63) is 0 Å². The Morgan fingerprint density at radius 3 is 2.54 bits per heavy atom. The lowest BCUT2D eigenvalue weighted by atomic mass is 9.95. The first-order valence-electron chi connectivity index (χ1n) is 4.07. The van der Waals surface area contributed by atoms with Gasteiger partial charge in [0.25, 0.3) is 0 Å². The Labute approximate surface area is 74.3 Å². The van der Waals surface area contributed by atoms with E-state index in [2.05, 4.69) is 0 Å². The second-order valence-electron chi connectivity index (χ2n) is 3.36. The summed E-state index contributed by atoms with van der Waals surface area (Å²) in [6.45, 7) is -0.482. The third-order valence-corrected chi connectivity index (χ3v) is 2.57. The lowest BCUT2D eigenvalue weighted by Crippen LogP contribution is -2.62. The number of aliphatic hydroxyl groups excluding tert-OH is 4. The molecule has 2 rings (SSSR count). The molecule has 0 aliphatic carbocycles. The fourth-order valence-electron chi connectivity index (χ4n) is 1.71. The molecule has 2 heterocycles. The average molecular weight is 192 g/mol. The molecule has 4 N–H and O–H groups in total. The predicted molar refractivity (Wildman–Crippen MR) is 38.7 cm³/mol. The number of aliphatic hydroxyl groups is 4. The van der Waals surface area contributed by atoms with Crippen molar-refractivity contribution in [3.63, 3.8) is 0 Å². The van der Waals surface area contributed by atoms with Crippen molar-refractivity contribution in [2.75, 3.05) is 13.2 Å². The molecular formula is C7H12O6. The zero-order valence-electron chi connectivity index (χ0n) is 6.83. The molecule has 0 spiro atoms. The Morgan fingerprint density at radius 2 is 1.92 bits per heavy atom. The smallest absolute Gasteiger partial charge is 0.221 e. The summed E-state index contributed by atoms with van der Waals surface area (Å²) in [5, 5.41) is 37.1. The fraction of sp³-hybridized carbons (Fsp3) is 1.00. The van der Waals surface area contributed by atoms with Gasteiger partial charge >= 0.3 is 0 Å². The van der Waals surface area contributed by atoms with Crippen LogP contribution < -0.4 is 0 Å². The van der Waals surface area contributed by atoms with Crippen LogP contribution in [0.25, 0.3) is 0 Å². The maximum absolute atomic E-state index is 9.47. The summed E-state index contributed by atoms with van der Waals surface area (Å²) in [5.41, 5.74) is 0. The van der Waals surface area contributed by atoms with E-state index in [1.54, 1.807) is 0 Å². The minimum Gasteiger partial charge on any atom is -0.391 e. The van der Waals surface area contributed by atoms with Gasteiger partial charge in [-0.15, -0.1) is 0 Å². The molecule has 1 unspecified atom stereocenters. The van der Waals surface area contributed by atoms with Crippen molar-refractivity contribution in [2.45, 2.75) is 30.2 Å². The van der Waals surface area contributed by atoms with Crippen LogP contribution in [0.4, 0.5) is 0 Å². The predicted octanol–water partition coefficient (Wildman–Crippen LogP) is -2.81. The number of rotatable bonds is 1. The topological polar surface area (TPSA) is 99.4 Å². The van der Waals surface area contributed by atoms with Crippen LogP contribution in [0.15, 0.2) is 0 Å². The second kappa shape index (κ2) is 2.88. The first kappa shape index (κ1) is 9.32. The van der Waals surface area contributed by atoms with Crippen LogP contribution in [0.5, 0.6) is 0 Å². The van der Waals surface area contributed by atoms with Gasteiger partial charge in [-0.2, -0.15) is 0 Å². The standard InChI is InChI=1S/C7H12O6/c8-2-7-6(11)5(10)4(9)3(13-7)1-12-7/h3-6,8-11H,1-2H2/t3-,4-,5?,6+,7-/m1/s1. The molecule has 2 fully saturated rings. The van der Waals surface area contributed by atoms with Crippen molar-refractivity contribution in [3.8, 4) is 0 Å². The highest BCUT2D eigenvalue weighted by molar-refractivity contribution is 5.00. The largest absolute Gasteiger partial charge is 0.391 e. The van der Waals surface area contributed by atoms with E-state index in [0.29, 0.717) is 0 Å². The molecule has 2 bridgehead atoms. The molecule has 0 aromatic heterocycles. The van der Waals surface area contributed by atoms with Crippen LogP contribution >= 0.6 is 0 Å². The highest BCUT2D eigenvalue weighted by Gasteiger charge is 2.58. The molecule has 2 aliphatic heterocycles. The molecule has 0 aromatic carbocycles. The summed E-state index contributed by atoms with van der Waals surface area (Å²) in [6, 6.07) is 0. The Balaban J connectivity index is 2.25. The Morgan fingerprint density at radius 1 is 1.23 bits per heavy atom. The van der Waals surface area contributed by atoms with Gasteiger partial charge in [-0.1, -0.05) is 0 Å². The fourth-order valence-corrected chi connectivity index (χ4v) is 1.71. The normalized spacial score (nSPS) is 55.4. The number of hydrogen-bond donors (Lipinski definition) is 4. The second-order valence-corrected chi connectivity index (χ2v) is 3.36. The summed E-state index contributed by atoms with van der Waals surface area (Å²) in [5.74, 6) is -1.55. The van der Waals surface area contributed by atoms with Gasteiger partial charge in [0.05, 0.1) is 6.61 Å². The van der Waals surface area contributed by atoms with E-state index in [1.165, 1.54) is 0 Å². The molecule has 13 heavy (non-hydrogen) atoms. The summed E-state index contributed by atoms with van der Waals surface area (Å²) in [4.78, 5) is 0. The molecule has 5 atom stereocenters. The van der Waals surface area contributed by atoms with Crippen molar-refractivity contribution in [2.24, 2.45) is 0 Å². The number of fused-ring (bicyclic) bond motifs is 2. The minimum absolute atomic E-state index is 0.0653. The first-order valence-corrected chi connectivity index (χ1v) is 4.07. The number of hydrogen-bond acceptors (Lipinski definition) is 6.